The molecule has 2 rings (SSSR count). The highest BCUT2D eigenvalue weighted by atomic mass is 35.5. The molecule has 1 aromatic carbocycles. The van der Waals surface area contributed by atoms with Gasteiger partial charge < -0.3 is 4.74 Å². The lowest BCUT2D eigenvalue weighted by molar-refractivity contribution is -0.384. The first-order chi connectivity index (χ1) is 12.0. The minimum Gasteiger partial charge on any atom is -0.380 e. The quantitative estimate of drug-likeness (QED) is 0.480. The SMILES string of the molecule is COCc1cc(C)nc(N/N=C\c2cc([N+](=O)[O-])ccc2Cl)c1C#N. The molecule has 0 aliphatic rings. The number of rotatable bonds is 6. The molecular formula is C16H14ClN5O3. The van der Waals surface area contributed by atoms with Crippen LogP contribution in [0.3, 0.4) is 0 Å². The summed E-state index contributed by atoms with van der Waals surface area (Å²) in [5.41, 5.74) is 4.64. The van der Waals surface area contributed by atoms with Gasteiger partial charge in [0.05, 0.1) is 17.7 Å². The summed E-state index contributed by atoms with van der Waals surface area (Å²) in [4.78, 5) is 14.5. The average molecular weight is 360 g/mol. The van der Waals surface area contributed by atoms with Gasteiger partial charge >= 0.3 is 0 Å². The van der Waals surface area contributed by atoms with Gasteiger partial charge in [-0.3, -0.25) is 15.5 Å². The van der Waals surface area contributed by atoms with Gasteiger partial charge in [-0.1, -0.05) is 11.6 Å². The predicted molar refractivity (Wildman–Crippen MR) is 93.7 cm³/mol. The number of nitrogens with one attached hydrogen (secondary N) is 1. The van der Waals surface area contributed by atoms with E-state index >= 15 is 0 Å². The number of hydrogen-bond acceptors (Lipinski definition) is 7. The number of aryl methyl sites for hydroxylation is 1. The smallest absolute Gasteiger partial charge is 0.270 e. The third-order valence-electron chi connectivity index (χ3n) is 3.21. The van der Waals surface area contributed by atoms with Crippen LogP contribution >= 0.6 is 11.6 Å². The number of pyridine rings is 1. The number of hydrogen-bond donors (Lipinski definition) is 1. The molecule has 0 atom stereocenters. The van der Waals surface area contributed by atoms with Crippen LogP contribution in [0.2, 0.25) is 5.02 Å². The molecule has 0 aliphatic carbocycles. The first-order valence-corrected chi connectivity index (χ1v) is 7.46. The Kier molecular flexibility index (Phi) is 6.00. The standard InChI is InChI=1S/C16H14ClN5O3/c1-10-5-12(9-25-2)14(7-18)16(20-10)21-19-8-11-6-13(22(23)24)3-4-15(11)17/h3-6,8H,9H2,1-2H3,(H,20,21)/b19-8-. The normalized spacial score (nSPS) is 10.6. The lowest BCUT2D eigenvalue weighted by atomic mass is 10.1. The van der Waals surface area contributed by atoms with Gasteiger partial charge in [-0.25, -0.2) is 4.98 Å². The van der Waals surface area contributed by atoms with Gasteiger partial charge in [-0.05, 0) is 19.1 Å². The first-order valence-electron chi connectivity index (χ1n) is 7.08. The third kappa shape index (κ3) is 4.50. The molecule has 8 nitrogen and oxygen atoms in total. The minimum absolute atomic E-state index is 0.0976. The summed E-state index contributed by atoms with van der Waals surface area (Å²) in [5, 5.41) is 24.5. The molecule has 0 fully saturated rings. The molecule has 1 aromatic heterocycles. The zero-order chi connectivity index (χ0) is 18.4. The molecule has 128 valence electrons. The number of methoxy groups -OCH3 is 1. The van der Waals surface area contributed by atoms with E-state index in [2.05, 4.69) is 21.6 Å². The fourth-order valence-corrected chi connectivity index (χ4v) is 2.29. The van der Waals surface area contributed by atoms with Crippen molar-refractivity contribution in [2.45, 2.75) is 13.5 Å². The summed E-state index contributed by atoms with van der Waals surface area (Å²) in [6, 6.07) is 7.85. The molecule has 25 heavy (non-hydrogen) atoms. The molecule has 0 saturated carbocycles. The predicted octanol–water partition coefficient (Wildman–Crippen LogP) is 3.42. The molecule has 0 unspecified atom stereocenters. The molecule has 2 aromatic rings. The molecule has 0 aliphatic heterocycles. The molecule has 0 bridgehead atoms. The van der Waals surface area contributed by atoms with Crippen LogP contribution in [-0.2, 0) is 11.3 Å². The van der Waals surface area contributed by atoms with Crippen LogP contribution < -0.4 is 5.43 Å². The number of ether oxygens (including phenoxy) is 1. The Morgan fingerprint density at radius 2 is 2.28 bits per heavy atom. The van der Waals surface area contributed by atoms with Crippen molar-refractivity contribution in [3.8, 4) is 6.07 Å². The van der Waals surface area contributed by atoms with Crippen LogP contribution in [0.15, 0.2) is 29.4 Å². The fraction of sp³-hybridized carbons (Fsp3) is 0.188. The lowest BCUT2D eigenvalue weighted by Crippen LogP contribution is -2.03. The van der Waals surface area contributed by atoms with Crippen molar-refractivity contribution in [3.63, 3.8) is 0 Å². The number of nitro benzene ring substituents is 1. The highest BCUT2D eigenvalue weighted by molar-refractivity contribution is 6.33. The van der Waals surface area contributed by atoms with Crippen molar-refractivity contribution in [2.24, 2.45) is 5.10 Å². The van der Waals surface area contributed by atoms with E-state index in [9.17, 15) is 15.4 Å². The van der Waals surface area contributed by atoms with Crippen molar-refractivity contribution < 1.29 is 9.66 Å². The maximum atomic E-state index is 10.8. The number of hydrazone groups is 1. The summed E-state index contributed by atoms with van der Waals surface area (Å²) >= 11 is 6.01. The molecule has 0 spiro atoms. The second-order valence-electron chi connectivity index (χ2n) is 5.02. The number of benzene rings is 1. The minimum atomic E-state index is -0.520. The van der Waals surface area contributed by atoms with Gasteiger partial charge in [0.2, 0.25) is 0 Å². The number of anilines is 1. The van der Waals surface area contributed by atoms with Crippen LogP contribution in [0.1, 0.15) is 22.4 Å². The largest absolute Gasteiger partial charge is 0.380 e. The zero-order valence-electron chi connectivity index (χ0n) is 13.5. The zero-order valence-corrected chi connectivity index (χ0v) is 14.2. The second kappa shape index (κ2) is 8.19. The number of nitriles is 1. The monoisotopic (exact) mass is 359 g/mol. The maximum Gasteiger partial charge on any atom is 0.270 e. The molecule has 9 heteroatoms. The van der Waals surface area contributed by atoms with E-state index in [1.165, 1.54) is 31.5 Å². The van der Waals surface area contributed by atoms with Gasteiger partial charge in [0.15, 0.2) is 5.82 Å². The van der Waals surface area contributed by atoms with Crippen molar-refractivity contribution in [1.29, 1.82) is 5.26 Å². The molecule has 0 saturated heterocycles. The van der Waals surface area contributed by atoms with Gasteiger partial charge in [0.1, 0.15) is 11.6 Å². The van der Waals surface area contributed by atoms with Crippen LogP contribution in [0.5, 0.6) is 0 Å². The van der Waals surface area contributed by atoms with Crippen LogP contribution in [0, 0.1) is 28.4 Å². The average Bonchev–Trinajstić information content (AvgIpc) is 2.56. The van der Waals surface area contributed by atoms with Gasteiger partial charge in [0, 0.05) is 41.1 Å². The van der Waals surface area contributed by atoms with E-state index in [1.807, 2.05) is 0 Å². The van der Waals surface area contributed by atoms with E-state index in [-0.39, 0.29) is 18.1 Å². The topological polar surface area (TPSA) is 113 Å². The number of non-ortho nitro benzene ring substituents is 1. The Labute approximate surface area is 148 Å². The van der Waals surface area contributed by atoms with E-state index in [4.69, 9.17) is 16.3 Å². The number of halogens is 1. The summed E-state index contributed by atoms with van der Waals surface area (Å²) in [6.07, 6.45) is 1.33. The van der Waals surface area contributed by atoms with Crippen LogP contribution in [-0.4, -0.2) is 23.2 Å². The van der Waals surface area contributed by atoms with Crippen molar-refractivity contribution in [1.82, 2.24) is 4.98 Å². The van der Waals surface area contributed by atoms with E-state index in [0.29, 0.717) is 27.4 Å². The van der Waals surface area contributed by atoms with Gasteiger partial charge in [-0.2, -0.15) is 10.4 Å². The first kappa shape index (κ1) is 18.3. The Balaban J connectivity index is 2.30. The summed E-state index contributed by atoms with van der Waals surface area (Å²) in [7, 11) is 1.53. The summed E-state index contributed by atoms with van der Waals surface area (Å²) in [5.74, 6) is 0.271. The van der Waals surface area contributed by atoms with Crippen molar-refractivity contribution in [3.05, 3.63) is 61.8 Å². The van der Waals surface area contributed by atoms with Crippen molar-refractivity contribution >= 4 is 29.3 Å². The van der Waals surface area contributed by atoms with Crippen LogP contribution in [0.25, 0.3) is 0 Å². The Hall–Kier alpha value is -3.02. The molecule has 1 N–H and O–H groups in total. The Morgan fingerprint density at radius 1 is 1.52 bits per heavy atom. The molecule has 0 radical (unpaired) electrons. The highest BCUT2D eigenvalue weighted by Gasteiger charge is 2.11. The fourth-order valence-electron chi connectivity index (χ4n) is 2.12. The summed E-state index contributed by atoms with van der Waals surface area (Å²) in [6.45, 7) is 2.05. The van der Waals surface area contributed by atoms with E-state index in [0.717, 1.165) is 0 Å². The highest BCUT2D eigenvalue weighted by Crippen LogP contribution is 2.22. The number of nitro groups is 1. The molecule has 0 amide bonds. The lowest BCUT2D eigenvalue weighted by Gasteiger charge is -2.09. The van der Waals surface area contributed by atoms with Gasteiger partial charge in [-0.15, -0.1) is 0 Å². The molecular weight excluding hydrogens is 346 g/mol. The van der Waals surface area contributed by atoms with Crippen LogP contribution in [0.4, 0.5) is 11.5 Å². The van der Waals surface area contributed by atoms with Crippen molar-refractivity contribution in [2.75, 3.05) is 12.5 Å². The number of aromatic nitrogens is 1. The maximum absolute atomic E-state index is 10.8. The van der Waals surface area contributed by atoms with E-state index < -0.39 is 4.92 Å². The molecule has 1 heterocycles. The number of nitrogens with zero attached hydrogens (tertiary/aromatic N) is 4. The summed E-state index contributed by atoms with van der Waals surface area (Å²) < 4.78 is 5.08. The Morgan fingerprint density at radius 3 is 2.92 bits per heavy atom. The van der Waals surface area contributed by atoms with Gasteiger partial charge in [0.25, 0.3) is 5.69 Å². The van der Waals surface area contributed by atoms with E-state index in [1.54, 1.807) is 13.0 Å². The second-order valence-corrected chi connectivity index (χ2v) is 5.43. The Bertz CT molecular complexity index is 877. The third-order valence-corrected chi connectivity index (χ3v) is 3.55.